The van der Waals surface area contributed by atoms with Crippen LogP contribution in [0.25, 0.3) is 0 Å². The van der Waals surface area contributed by atoms with E-state index < -0.39 is 11.8 Å². The largest absolute Gasteiger partial charge is 0.369 e. The van der Waals surface area contributed by atoms with Gasteiger partial charge in [-0.1, -0.05) is 17.7 Å². The first kappa shape index (κ1) is 17.0. The van der Waals surface area contributed by atoms with Crippen molar-refractivity contribution in [1.29, 1.82) is 0 Å². The van der Waals surface area contributed by atoms with Crippen molar-refractivity contribution in [2.45, 2.75) is 26.3 Å². The lowest BCUT2D eigenvalue weighted by atomic mass is 10.2. The van der Waals surface area contributed by atoms with E-state index >= 15 is 0 Å². The summed E-state index contributed by atoms with van der Waals surface area (Å²) in [5.41, 5.74) is 3.13. The molecule has 2 aromatic rings. The Hall–Kier alpha value is -2.83. The number of nitrogens with one attached hydrogen (secondary N) is 2. The molecule has 1 aliphatic heterocycles. The minimum atomic E-state index is -0.670. The summed E-state index contributed by atoms with van der Waals surface area (Å²) in [6, 6.07) is 10.00. The lowest BCUT2D eigenvalue weighted by molar-refractivity contribution is -0.136. The molecule has 1 fully saturated rings. The van der Waals surface area contributed by atoms with Gasteiger partial charge in [0, 0.05) is 37.9 Å². The van der Waals surface area contributed by atoms with Crippen LogP contribution in [-0.2, 0) is 16.6 Å². The molecule has 1 aliphatic rings. The normalized spacial score (nSPS) is 16.8. The number of rotatable bonds is 3. The van der Waals surface area contributed by atoms with Crippen LogP contribution in [0.5, 0.6) is 0 Å². The number of anilines is 2. The van der Waals surface area contributed by atoms with Crippen LogP contribution in [0, 0.1) is 13.8 Å². The van der Waals surface area contributed by atoms with Gasteiger partial charge < -0.3 is 15.5 Å². The number of amides is 2. The van der Waals surface area contributed by atoms with Gasteiger partial charge in [0.1, 0.15) is 5.82 Å². The zero-order valence-electron chi connectivity index (χ0n) is 14.7. The van der Waals surface area contributed by atoms with Crippen molar-refractivity contribution >= 4 is 23.3 Å². The summed E-state index contributed by atoms with van der Waals surface area (Å²) in [5.74, 6) is -0.781. The van der Waals surface area contributed by atoms with Crippen molar-refractivity contribution in [1.82, 2.24) is 15.1 Å². The van der Waals surface area contributed by atoms with Gasteiger partial charge >= 0.3 is 11.8 Å². The van der Waals surface area contributed by atoms with Crippen LogP contribution in [0.2, 0.25) is 0 Å². The minimum absolute atomic E-state index is 0.0344. The SMILES string of the molecule is Cc1ccc(N2CCC(NC(=O)C(=O)Nc3cc(C)nn3C)C2)cc1. The van der Waals surface area contributed by atoms with Gasteiger partial charge in [-0.15, -0.1) is 0 Å². The number of hydrogen-bond acceptors (Lipinski definition) is 4. The molecule has 1 unspecified atom stereocenters. The molecule has 0 bridgehead atoms. The van der Waals surface area contributed by atoms with Crippen LogP contribution in [-0.4, -0.2) is 40.7 Å². The molecule has 3 rings (SSSR count). The molecule has 1 aromatic heterocycles. The molecule has 2 N–H and O–H groups in total. The van der Waals surface area contributed by atoms with Crippen molar-refractivity contribution < 1.29 is 9.59 Å². The third-order valence-corrected chi connectivity index (χ3v) is 4.37. The van der Waals surface area contributed by atoms with Crippen LogP contribution in [0.3, 0.4) is 0 Å². The highest BCUT2D eigenvalue weighted by Gasteiger charge is 2.26. The molecule has 1 aromatic carbocycles. The van der Waals surface area contributed by atoms with Crippen LogP contribution >= 0.6 is 0 Å². The predicted molar refractivity (Wildman–Crippen MR) is 96.5 cm³/mol. The van der Waals surface area contributed by atoms with Gasteiger partial charge in [-0.2, -0.15) is 5.10 Å². The Labute approximate surface area is 147 Å². The van der Waals surface area contributed by atoms with Crippen LogP contribution < -0.4 is 15.5 Å². The molecule has 2 amide bonds. The number of aromatic nitrogens is 2. The van der Waals surface area contributed by atoms with Crippen molar-refractivity contribution in [3.63, 3.8) is 0 Å². The Morgan fingerprint density at radius 1 is 1.16 bits per heavy atom. The zero-order chi connectivity index (χ0) is 18.0. The van der Waals surface area contributed by atoms with E-state index in [1.165, 1.54) is 10.2 Å². The first-order chi connectivity index (χ1) is 11.9. The molecule has 1 saturated heterocycles. The first-order valence-electron chi connectivity index (χ1n) is 8.36. The Balaban J connectivity index is 1.54. The molecule has 0 aliphatic carbocycles. The van der Waals surface area contributed by atoms with Gasteiger partial charge in [-0.3, -0.25) is 14.3 Å². The molecule has 132 valence electrons. The maximum absolute atomic E-state index is 12.1. The number of hydrogen-bond donors (Lipinski definition) is 2. The fraction of sp³-hybridized carbons (Fsp3) is 0.389. The maximum atomic E-state index is 12.1. The number of aryl methyl sites for hydroxylation is 3. The average molecular weight is 341 g/mol. The van der Waals surface area contributed by atoms with Gasteiger partial charge in [-0.25, -0.2) is 0 Å². The van der Waals surface area contributed by atoms with Crippen LogP contribution in [0.4, 0.5) is 11.5 Å². The van der Waals surface area contributed by atoms with Gasteiger partial charge in [0.05, 0.1) is 5.69 Å². The molecule has 2 heterocycles. The zero-order valence-corrected chi connectivity index (χ0v) is 14.7. The molecule has 7 heteroatoms. The van der Waals surface area contributed by atoms with Gasteiger partial charge in [0.25, 0.3) is 0 Å². The number of carbonyl (C=O) groups excluding carboxylic acids is 2. The molecule has 25 heavy (non-hydrogen) atoms. The summed E-state index contributed by atoms with van der Waals surface area (Å²) in [6.45, 7) is 5.44. The Kier molecular flexibility index (Phi) is 4.74. The number of carbonyl (C=O) groups is 2. The lowest BCUT2D eigenvalue weighted by Gasteiger charge is -2.19. The lowest BCUT2D eigenvalue weighted by Crippen LogP contribution is -2.43. The van der Waals surface area contributed by atoms with E-state index in [1.807, 2.05) is 6.92 Å². The summed E-state index contributed by atoms with van der Waals surface area (Å²) in [7, 11) is 1.72. The van der Waals surface area contributed by atoms with Crippen molar-refractivity contribution in [3.8, 4) is 0 Å². The summed E-state index contributed by atoms with van der Waals surface area (Å²) >= 11 is 0. The molecule has 1 atom stereocenters. The number of nitrogens with zero attached hydrogens (tertiary/aromatic N) is 3. The van der Waals surface area contributed by atoms with Crippen LogP contribution in [0.15, 0.2) is 30.3 Å². The summed E-state index contributed by atoms with van der Waals surface area (Å²) < 4.78 is 1.54. The molecule has 0 saturated carbocycles. The molecular formula is C18H23N5O2. The molecule has 7 nitrogen and oxygen atoms in total. The van der Waals surface area contributed by atoms with Crippen molar-refractivity contribution in [2.24, 2.45) is 7.05 Å². The second-order valence-corrected chi connectivity index (χ2v) is 6.49. The molecule has 0 spiro atoms. The van der Waals surface area contributed by atoms with E-state index in [4.69, 9.17) is 0 Å². The highest BCUT2D eigenvalue weighted by molar-refractivity contribution is 6.39. The third kappa shape index (κ3) is 3.99. The number of benzene rings is 1. The second-order valence-electron chi connectivity index (χ2n) is 6.49. The van der Waals surface area contributed by atoms with E-state index in [9.17, 15) is 9.59 Å². The Bertz CT molecular complexity index is 781. The van der Waals surface area contributed by atoms with Crippen LogP contribution in [0.1, 0.15) is 17.7 Å². The summed E-state index contributed by atoms with van der Waals surface area (Å²) in [6.07, 6.45) is 0.817. The maximum Gasteiger partial charge on any atom is 0.314 e. The van der Waals surface area contributed by atoms with Crippen molar-refractivity contribution in [2.75, 3.05) is 23.3 Å². The highest BCUT2D eigenvalue weighted by atomic mass is 16.2. The standard InChI is InChI=1S/C18H23N5O2/c1-12-4-6-15(7-5-12)23-9-8-14(11-23)19-17(24)18(25)20-16-10-13(2)21-22(16)3/h4-7,10,14H,8-9,11H2,1-3H3,(H,19,24)(H,20,25). The Morgan fingerprint density at radius 3 is 2.52 bits per heavy atom. The highest BCUT2D eigenvalue weighted by Crippen LogP contribution is 2.20. The fourth-order valence-corrected chi connectivity index (χ4v) is 3.02. The summed E-state index contributed by atoms with van der Waals surface area (Å²) in [4.78, 5) is 26.4. The minimum Gasteiger partial charge on any atom is -0.369 e. The monoisotopic (exact) mass is 341 g/mol. The first-order valence-corrected chi connectivity index (χ1v) is 8.36. The topological polar surface area (TPSA) is 79.3 Å². The van der Waals surface area contributed by atoms with Gasteiger partial charge in [-0.05, 0) is 32.4 Å². The molecular weight excluding hydrogens is 318 g/mol. The predicted octanol–water partition coefficient (Wildman–Crippen LogP) is 1.37. The van der Waals surface area contributed by atoms with E-state index in [2.05, 4.69) is 51.8 Å². The third-order valence-electron chi connectivity index (χ3n) is 4.37. The van der Waals surface area contributed by atoms with E-state index in [0.717, 1.165) is 24.3 Å². The smallest absolute Gasteiger partial charge is 0.314 e. The van der Waals surface area contributed by atoms with Crippen molar-refractivity contribution in [3.05, 3.63) is 41.6 Å². The van der Waals surface area contributed by atoms with Gasteiger partial charge in [0.2, 0.25) is 0 Å². The Morgan fingerprint density at radius 2 is 1.88 bits per heavy atom. The average Bonchev–Trinajstić information content (AvgIpc) is 3.14. The second kappa shape index (κ2) is 6.96. The van der Waals surface area contributed by atoms with E-state index in [1.54, 1.807) is 13.1 Å². The summed E-state index contributed by atoms with van der Waals surface area (Å²) in [5, 5.41) is 9.54. The molecule has 0 radical (unpaired) electrons. The fourth-order valence-electron chi connectivity index (χ4n) is 3.02. The quantitative estimate of drug-likeness (QED) is 0.827. The van der Waals surface area contributed by atoms with Gasteiger partial charge in [0.15, 0.2) is 0 Å². The van der Waals surface area contributed by atoms with E-state index in [-0.39, 0.29) is 6.04 Å². The van der Waals surface area contributed by atoms with E-state index in [0.29, 0.717) is 12.4 Å².